The number of allylic oxidation sites excluding steroid dienone is 3. The van der Waals surface area contributed by atoms with Crippen LogP contribution in [-0.2, 0) is 6.54 Å². The van der Waals surface area contributed by atoms with Gasteiger partial charge in [0.1, 0.15) is 5.69 Å². The molecule has 1 aromatic rings. The Morgan fingerprint density at radius 2 is 2.03 bits per heavy atom. The molecular formula is C27H32N2O. The van der Waals surface area contributed by atoms with Crippen LogP contribution in [0.5, 0.6) is 0 Å². The molecule has 1 aliphatic heterocycles. The molecule has 1 saturated carbocycles. The maximum atomic E-state index is 12.4. The third-order valence-electron chi connectivity index (χ3n) is 6.88. The largest absolute Gasteiger partial charge is 0.334 e. The lowest BCUT2D eigenvalue weighted by Crippen LogP contribution is -2.29. The molecule has 0 saturated heterocycles. The van der Waals surface area contributed by atoms with Gasteiger partial charge in [-0.05, 0) is 74.6 Å². The summed E-state index contributed by atoms with van der Waals surface area (Å²) in [6.45, 7) is 12.1. The second-order valence-electron chi connectivity index (χ2n) is 9.48. The molecule has 3 nitrogen and oxygen atoms in total. The SMILES string of the molecule is C=C1CCCC(C)(C)[C@H]1CC/C(C)=C/Cn1c2cccc(=O)c-2nc2ccccc21. The van der Waals surface area contributed by atoms with Gasteiger partial charge in [0.15, 0.2) is 0 Å². The van der Waals surface area contributed by atoms with Crippen molar-refractivity contribution in [3.63, 3.8) is 0 Å². The topological polar surface area (TPSA) is 34.9 Å². The molecule has 1 atom stereocenters. The van der Waals surface area contributed by atoms with E-state index < -0.39 is 0 Å². The summed E-state index contributed by atoms with van der Waals surface area (Å²) in [5.41, 5.74) is 6.51. The standard InChI is InChI=1S/C27H32N2O/c1-19(14-15-21-20(2)9-8-17-27(21,3)4)16-18-29-23-11-6-5-10-22(23)28-26-24(29)12-7-13-25(26)30/h5-7,10-13,16,21H,2,8-9,14-15,17-18H2,1,3-4H3/b19-16+/t21-/m0/s1. The first-order valence-electron chi connectivity index (χ1n) is 11.1. The Morgan fingerprint density at radius 1 is 1.23 bits per heavy atom. The van der Waals surface area contributed by atoms with E-state index >= 15 is 0 Å². The number of hydrogen-bond acceptors (Lipinski definition) is 2. The summed E-state index contributed by atoms with van der Waals surface area (Å²) in [5.74, 6) is 0.605. The van der Waals surface area contributed by atoms with E-state index in [1.807, 2.05) is 30.3 Å². The van der Waals surface area contributed by atoms with Crippen molar-refractivity contribution in [1.29, 1.82) is 0 Å². The molecule has 0 N–H and O–H groups in total. The minimum atomic E-state index is -0.0225. The van der Waals surface area contributed by atoms with E-state index in [1.165, 1.54) is 36.8 Å². The van der Waals surface area contributed by atoms with Gasteiger partial charge in [0.2, 0.25) is 5.43 Å². The predicted molar refractivity (Wildman–Crippen MR) is 126 cm³/mol. The first-order valence-corrected chi connectivity index (χ1v) is 11.1. The molecule has 3 aliphatic rings. The van der Waals surface area contributed by atoms with Crippen molar-refractivity contribution in [3.8, 4) is 11.4 Å². The van der Waals surface area contributed by atoms with Gasteiger partial charge in [0, 0.05) is 6.54 Å². The van der Waals surface area contributed by atoms with Gasteiger partial charge in [-0.2, -0.15) is 0 Å². The van der Waals surface area contributed by atoms with Crippen molar-refractivity contribution in [2.75, 3.05) is 0 Å². The molecule has 2 aliphatic carbocycles. The molecule has 0 amide bonds. The zero-order valence-electron chi connectivity index (χ0n) is 18.4. The Kier molecular flexibility index (Phi) is 5.64. The number of hydrogen-bond donors (Lipinski definition) is 0. The van der Waals surface area contributed by atoms with Crippen LogP contribution in [0.3, 0.4) is 0 Å². The summed E-state index contributed by atoms with van der Waals surface area (Å²) in [6.07, 6.45) is 8.31. The van der Waals surface area contributed by atoms with Gasteiger partial charge < -0.3 is 4.57 Å². The minimum Gasteiger partial charge on any atom is -0.334 e. The van der Waals surface area contributed by atoms with Gasteiger partial charge >= 0.3 is 0 Å². The maximum absolute atomic E-state index is 12.4. The van der Waals surface area contributed by atoms with Crippen LogP contribution in [0.4, 0.5) is 0 Å². The molecule has 1 aromatic carbocycles. The molecule has 4 rings (SSSR count). The van der Waals surface area contributed by atoms with Crippen LogP contribution in [0, 0.1) is 11.3 Å². The smallest absolute Gasteiger partial charge is 0.206 e. The number of aromatic nitrogens is 2. The zero-order valence-corrected chi connectivity index (χ0v) is 18.4. The average Bonchev–Trinajstić information content (AvgIpc) is 2.71. The summed E-state index contributed by atoms with van der Waals surface area (Å²) >= 11 is 0. The number of fused-ring (bicyclic) bond motifs is 2. The van der Waals surface area contributed by atoms with Gasteiger partial charge in [-0.1, -0.05) is 55.8 Å². The Morgan fingerprint density at radius 3 is 2.83 bits per heavy atom. The van der Waals surface area contributed by atoms with Crippen molar-refractivity contribution in [3.05, 3.63) is 76.5 Å². The summed E-state index contributed by atoms with van der Waals surface area (Å²) in [6, 6.07) is 13.5. The molecule has 156 valence electrons. The highest BCUT2D eigenvalue weighted by Crippen LogP contribution is 2.45. The molecule has 0 aromatic heterocycles. The third-order valence-corrected chi connectivity index (χ3v) is 6.88. The van der Waals surface area contributed by atoms with Gasteiger partial charge in [-0.3, -0.25) is 4.79 Å². The fraction of sp³-hybridized carbons (Fsp3) is 0.407. The molecule has 0 radical (unpaired) electrons. The van der Waals surface area contributed by atoms with E-state index in [1.54, 1.807) is 6.07 Å². The first-order chi connectivity index (χ1) is 14.4. The van der Waals surface area contributed by atoms with E-state index in [0.717, 1.165) is 29.7 Å². The Hall–Kier alpha value is -2.68. The minimum absolute atomic E-state index is 0.0225. The van der Waals surface area contributed by atoms with Gasteiger partial charge in [-0.25, -0.2) is 4.98 Å². The molecule has 0 unspecified atom stereocenters. The molecule has 0 bridgehead atoms. The summed E-state index contributed by atoms with van der Waals surface area (Å²) in [7, 11) is 0. The summed E-state index contributed by atoms with van der Waals surface area (Å²) in [4.78, 5) is 17.0. The number of rotatable bonds is 5. The zero-order chi connectivity index (χ0) is 21.3. The van der Waals surface area contributed by atoms with Gasteiger partial charge in [0.05, 0.1) is 16.7 Å². The van der Waals surface area contributed by atoms with E-state index in [4.69, 9.17) is 0 Å². The van der Waals surface area contributed by atoms with E-state index in [9.17, 15) is 4.79 Å². The van der Waals surface area contributed by atoms with Crippen LogP contribution in [0.2, 0.25) is 0 Å². The Bertz CT molecular complexity index is 1140. The number of benzene rings is 2. The maximum Gasteiger partial charge on any atom is 0.206 e. The fourth-order valence-electron chi connectivity index (χ4n) is 5.06. The van der Waals surface area contributed by atoms with Crippen molar-refractivity contribution < 1.29 is 0 Å². The quantitative estimate of drug-likeness (QED) is 0.357. The van der Waals surface area contributed by atoms with Gasteiger partial charge in [-0.15, -0.1) is 0 Å². The van der Waals surface area contributed by atoms with Crippen LogP contribution in [0.15, 0.2) is 71.1 Å². The molecule has 0 spiro atoms. The molecule has 1 fully saturated rings. The molecule has 1 heterocycles. The summed E-state index contributed by atoms with van der Waals surface area (Å²) < 4.78 is 2.21. The van der Waals surface area contributed by atoms with E-state index in [0.29, 0.717) is 17.0 Å². The first kappa shape index (κ1) is 20.6. The lowest BCUT2D eigenvalue weighted by Gasteiger charge is -2.40. The van der Waals surface area contributed by atoms with E-state index in [-0.39, 0.29) is 5.43 Å². The highest BCUT2D eigenvalue weighted by atomic mass is 16.1. The predicted octanol–water partition coefficient (Wildman–Crippen LogP) is 6.61. The Labute approximate surface area is 179 Å². The second kappa shape index (κ2) is 8.22. The van der Waals surface area contributed by atoms with Gasteiger partial charge in [0.25, 0.3) is 0 Å². The van der Waals surface area contributed by atoms with Crippen LogP contribution >= 0.6 is 0 Å². The molecular weight excluding hydrogens is 368 g/mol. The molecule has 30 heavy (non-hydrogen) atoms. The molecule has 3 heteroatoms. The monoisotopic (exact) mass is 400 g/mol. The van der Waals surface area contributed by atoms with Crippen LogP contribution < -0.4 is 5.43 Å². The van der Waals surface area contributed by atoms with Crippen LogP contribution in [-0.4, -0.2) is 9.55 Å². The average molecular weight is 401 g/mol. The van der Waals surface area contributed by atoms with Crippen LogP contribution in [0.25, 0.3) is 22.4 Å². The lowest BCUT2D eigenvalue weighted by atomic mass is 9.65. The second-order valence-corrected chi connectivity index (χ2v) is 9.48. The normalized spacial score (nSPS) is 19.5. The highest BCUT2D eigenvalue weighted by molar-refractivity contribution is 5.80. The third kappa shape index (κ3) is 3.98. The summed E-state index contributed by atoms with van der Waals surface area (Å²) in [5, 5.41) is 0. The van der Waals surface area contributed by atoms with Crippen molar-refractivity contribution in [2.45, 2.75) is 59.4 Å². The number of nitrogens with zero attached hydrogens (tertiary/aromatic N) is 2. The Balaban J connectivity index is 1.59. The number of para-hydroxylation sites is 3. The lowest BCUT2D eigenvalue weighted by molar-refractivity contribution is 0.180. The van der Waals surface area contributed by atoms with Crippen molar-refractivity contribution >= 4 is 11.0 Å². The van der Waals surface area contributed by atoms with Crippen molar-refractivity contribution in [1.82, 2.24) is 9.55 Å². The van der Waals surface area contributed by atoms with E-state index in [2.05, 4.69) is 49.0 Å². The van der Waals surface area contributed by atoms with Crippen LogP contribution in [0.1, 0.15) is 52.9 Å². The van der Waals surface area contributed by atoms with Crippen molar-refractivity contribution in [2.24, 2.45) is 11.3 Å². The fourth-order valence-corrected chi connectivity index (χ4v) is 5.06. The highest BCUT2D eigenvalue weighted by Gasteiger charge is 2.33.